The van der Waals surface area contributed by atoms with Gasteiger partial charge in [-0.25, -0.2) is 0 Å². The SMILES string of the molecule is COc1cccc(OCCNC(=O)[C@H]2CCC(=O)N(Cc3ccccc3)[C@H]2c2ccccc2)c1. The molecule has 176 valence electrons. The van der Waals surface area contributed by atoms with E-state index in [2.05, 4.69) is 5.32 Å². The zero-order chi connectivity index (χ0) is 23.8. The highest BCUT2D eigenvalue weighted by Crippen LogP contribution is 2.38. The molecule has 0 bridgehead atoms. The van der Waals surface area contributed by atoms with Crippen LogP contribution in [0, 0.1) is 5.92 Å². The summed E-state index contributed by atoms with van der Waals surface area (Å²) in [5.41, 5.74) is 2.02. The van der Waals surface area contributed by atoms with Crippen LogP contribution in [-0.2, 0) is 16.1 Å². The molecule has 1 aliphatic heterocycles. The maximum atomic E-state index is 13.3. The summed E-state index contributed by atoms with van der Waals surface area (Å²) in [4.78, 5) is 28.1. The van der Waals surface area contributed by atoms with Crippen LogP contribution in [0.25, 0.3) is 0 Å². The zero-order valence-electron chi connectivity index (χ0n) is 19.4. The van der Waals surface area contributed by atoms with Gasteiger partial charge in [-0.05, 0) is 29.7 Å². The van der Waals surface area contributed by atoms with Crippen LogP contribution >= 0.6 is 0 Å². The van der Waals surface area contributed by atoms with Gasteiger partial charge in [-0.15, -0.1) is 0 Å². The molecule has 3 aromatic carbocycles. The van der Waals surface area contributed by atoms with Gasteiger partial charge in [0, 0.05) is 19.0 Å². The van der Waals surface area contributed by atoms with Crippen molar-refractivity contribution in [3.63, 3.8) is 0 Å². The number of likely N-dealkylation sites (tertiary alicyclic amines) is 1. The van der Waals surface area contributed by atoms with Crippen LogP contribution in [0.3, 0.4) is 0 Å². The third kappa shape index (κ3) is 5.76. The number of benzene rings is 3. The molecule has 1 saturated heterocycles. The Hall–Kier alpha value is -3.80. The van der Waals surface area contributed by atoms with Gasteiger partial charge in [-0.3, -0.25) is 9.59 Å². The van der Waals surface area contributed by atoms with Crippen molar-refractivity contribution in [2.75, 3.05) is 20.3 Å². The Labute approximate surface area is 200 Å². The zero-order valence-corrected chi connectivity index (χ0v) is 19.4. The highest BCUT2D eigenvalue weighted by molar-refractivity contribution is 5.85. The maximum Gasteiger partial charge on any atom is 0.225 e. The summed E-state index contributed by atoms with van der Waals surface area (Å²) in [6.45, 7) is 1.19. The predicted octanol–water partition coefficient (Wildman–Crippen LogP) is 4.37. The van der Waals surface area contributed by atoms with Crippen LogP contribution in [0.5, 0.6) is 11.5 Å². The minimum atomic E-state index is -0.333. The van der Waals surface area contributed by atoms with E-state index in [9.17, 15) is 9.59 Å². The third-order valence-corrected chi connectivity index (χ3v) is 6.09. The molecule has 3 aromatic rings. The Morgan fingerprint density at radius 1 is 0.971 bits per heavy atom. The molecule has 2 atom stereocenters. The van der Waals surface area contributed by atoms with E-state index in [0.29, 0.717) is 38.3 Å². The van der Waals surface area contributed by atoms with Gasteiger partial charge in [0.1, 0.15) is 18.1 Å². The molecule has 0 spiro atoms. The normalized spacial score (nSPS) is 17.8. The number of carbonyl (C=O) groups excluding carboxylic acids is 2. The van der Waals surface area contributed by atoms with Crippen molar-refractivity contribution in [2.45, 2.75) is 25.4 Å². The van der Waals surface area contributed by atoms with Crippen LogP contribution in [0.4, 0.5) is 0 Å². The van der Waals surface area contributed by atoms with E-state index >= 15 is 0 Å². The number of methoxy groups -OCH3 is 1. The van der Waals surface area contributed by atoms with Gasteiger partial charge in [-0.1, -0.05) is 66.7 Å². The van der Waals surface area contributed by atoms with Crippen molar-refractivity contribution in [3.8, 4) is 11.5 Å². The van der Waals surface area contributed by atoms with Gasteiger partial charge in [0.15, 0.2) is 0 Å². The highest BCUT2D eigenvalue weighted by atomic mass is 16.5. The van der Waals surface area contributed by atoms with Gasteiger partial charge < -0.3 is 19.7 Å². The minimum absolute atomic E-state index is 0.0614. The lowest BCUT2D eigenvalue weighted by atomic mass is 9.83. The number of amides is 2. The number of nitrogens with one attached hydrogen (secondary N) is 1. The van der Waals surface area contributed by atoms with Gasteiger partial charge in [0.2, 0.25) is 11.8 Å². The number of hydrogen-bond acceptors (Lipinski definition) is 4. The average molecular weight is 459 g/mol. The molecule has 0 unspecified atom stereocenters. The van der Waals surface area contributed by atoms with E-state index in [4.69, 9.17) is 9.47 Å². The molecule has 4 rings (SSSR count). The Morgan fingerprint density at radius 2 is 1.68 bits per heavy atom. The second-order valence-electron chi connectivity index (χ2n) is 8.33. The topological polar surface area (TPSA) is 67.9 Å². The quantitative estimate of drug-likeness (QED) is 0.484. The van der Waals surface area contributed by atoms with E-state index in [-0.39, 0.29) is 23.8 Å². The average Bonchev–Trinajstić information content (AvgIpc) is 2.89. The van der Waals surface area contributed by atoms with Crippen molar-refractivity contribution in [1.82, 2.24) is 10.2 Å². The lowest BCUT2D eigenvalue weighted by molar-refractivity contribution is -0.144. The first-order chi connectivity index (χ1) is 16.7. The number of rotatable bonds is 9. The standard InChI is InChI=1S/C28H30N2O4/c1-33-23-13-8-14-24(19-23)34-18-17-29-28(32)25-15-16-26(31)30(20-21-9-4-2-5-10-21)27(25)22-11-6-3-7-12-22/h2-14,19,25,27H,15-18,20H2,1H3,(H,29,32)/t25-,27-/m0/s1. The molecule has 0 aliphatic carbocycles. The largest absolute Gasteiger partial charge is 0.497 e. The second kappa shape index (κ2) is 11.4. The van der Waals surface area contributed by atoms with Crippen molar-refractivity contribution < 1.29 is 19.1 Å². The molecule has 2 amide bonds. The fourth-order valence-electron chi connectivity index (χ4n) is 4.42. The predicted molar refractivity (Wildman–Crippen MR) is 130 cm³/mol. The summed E-state index contributed by atoms with van der Waals surface area (Å²) in [7, 11) is 1.61. The van der Waals surface area contributed by atoms with Crippen LogP contribution in [0.15, 0.2) is 84.9 Å². The maximum absolute atomic E-state index is 13.3. The molecule has 1 N–H and O–H groups in total. The molecule has 0 aromatic heterocycles. The number of ether oxygens (including phenoxy) is 2. The first-order valence-corrected chi connectivity index (χ1v) is 11.6. The van der Waals surface area contributed by atoms with Gasteiger partial charge in [0.25, 0.3) is 0 Å². The second-order valence-corrected chi connectivity index (χ2v) is 8.33. The van der Waals surface area contributed by atoms with Gasteiger partial charge >= 0.3 is 0 Å². The first kappa shape index (κ1) is 23.4. The Morgan fingerprint density at radius 3 is 2.41 bits per heavy atom. The third-order valence-electron chi connectivity index (χ3n) is 6.09. The summed E-state index contributed by atoms with van der Waals surface area (Å²) in [5.74, 6) is 1.09. The smallest absolute Gasteiger partial charge is 0.225 e. The van der Waals surface area contributed by atoms with E-state index in [0.717, 1.165) is 16.9 Å². The van der Waals surface area contributed by atoms with Crippen LogP contribution in [0.2, 0.25) is 0 Å². The molecular weight excluding hydrogens is 428 g/mol. The molecule has 6 nitrogen and oxygen atoms in total. The van der Waals surface area contributed by atoms with Crippen molar-refractivity contribution in [3.05, 3.63) is 96.1 Å². The van der Waals surface area contributed by atoms with E-state index in [1.807, 2.05) is 89.8 Å². The molecular formula is C28H30N2O4. The van der Waals surface area contributed by atoms with Crippen LogP contribution < -0.4 is 14.8 Å². The summed E-state index contributed by atoms with van der Waals surface area (Å²) in [5, 5.41) is 3.02. The Bertz CT molecular complexity index is 1090. The lowest BCUT2D eigenvalue weighted by Crippen LogP contribution is -2.48. The van der Waals surface area contributed by atoms with E-state index < -0.39 is 0 Å². The van der Waals surface area contributed by atoms with Gasteiger partial charge in [0.05, 0.1) is 25.6 Å². The molecule has 6 heteroatoms. The summed E-state index contributed by atoms with van der Waals surface area (Å²) >= 11 is 0. The van der Waals surface area contributed by atoms with Crippen LogP contribution in [-0.4, -0.2) is 37.0 Å². The van der Waals surface area contributed by atoms with Crippen molar-refractivity contribution in [1.29, 1.82) is 0 Å². The molecule has 34 heavy (non-hydrogen) atoms. The van der Waals surface area contributed by atoms with E-state index in [1.54, 1.807) is 7.11 Å². The van der Waals surface area contributed by atoms with Gasteiger partial charge in [-0.2, -0.15) is 0 Å². The van der Waals surface area contributed by atoms with E-state index in [1.165, 1.54) is 0 Å². The van der Waals surface area contributed by atoms with Crippen molar-refractivity contribution in [2.24, 2.45) is 5.92 Å². The number of nitrogens with zero attached hydrogens (tertiary/aromatic N) is 1. The summed E-state index contributed by atoms with van der Waals surface area (Å²) < 4.78 is 11.0. The molecule has 1 heterocycles. The fourth-order valence-corrected chi connectivity index (χ4v) is 4.42. The Balaban J connectivity index is 1.45. The van der Waals surface area contributed by atoms with Crippen LogP contribution in [0.1, 0.15) is 30.0 Å². The molecule has 1 aliphatic rings. The molecule has 0 saturated carbocycles. The number of piperidine rings is 1. The number of hydrogen-bond donors (Lipinski definition) is 1. The summed E-state index contributed by atoms with van der Waals surface area (Å²) in [6, 6.07) is 26.8. The monoisotopic (exact) mass is 458 g/mol. The molecule has 1 fully saturated rings. The highest BCUT2D eigenvalue weighted by Gasteiger charge is 2.40. The van der Waals surface area contributed by atoms with Crippen molar-refractivity contribution >= 4 is 11.8 Å². The summed E-state index contributed by atoms with van der Waals surface area (Å²) in [6.07, 6.45) is 0.876. The number of carbonyl (C=O) groups is 2. The molecule has 0 radical (unpaired) electrons. The lowest BCUT2D eigenvalue weighted by Gasteiger charge is -2.41. The first-order valence-electron chi connectivity index (χ1n) is 11.6. The Kier molecular flexibility index (Phi) is 7.81. The minimum Gasteiger partial charge on any atom is -0.497 e. The fraction of sp³-hybridized carbons (Fsp3) is 0.286.